The highest BCUT2D eigenvalue weighted by atomic mass is 16.2. The van der Waals surface area contributed by atoms with E-state index in [1.807, 2.05) is 42.5 Å². The number of benzene rings is 4. The lowest BCUT2D eigenvalue weighted by atomic mass is 10.1. The van der Waals surface area contributed by atoms with Gasteiger partial charge in [0.1, 0.15) is 0 Å². The zero-order valence-corrected chi connectivity index (χ0v) is 25.7. The van der Waals surface area contributed by atoms with Crippen molar-refractivity contribution in [1.29, 1.82) is 0 Å². The van der Waals surface area contributed by atoms with Crippen LogP contribution in [-0.4, -0.2) is 46.5 Å². The van der Waals surface area contributed by atoms with Gasteiger partial charge < -0.3 is 0 Å². The van der Waals surface area contributed by atoms with Crippen molar-refractivity contribution in [2.24, 2.45) is 0 Å². The highest BCUT2D eigenvalue weighted by Crippen LogP contribution is 2.23. The fourth-order valence-electron chi connectivity index (χ4n) is 5.41. The molecule has 0 saturated carbocycles. The summed E-state index contributed by atoms with van der Waals surface area (Å²) in [6.07, 6.45) is 9.04. The molecular weight excluding hydrogens is 572 g/mol. The Hall–Kier alpha value is -5.54. The molecule has 6 nitrogen and oxygen atoms in total. The van der Waals surface area contributed by atoms with E-state index in [1.54, 1.807) is 48.5 Å². The van der Waals surface area contributed by atoms with Crippen LogP contribution in [0.5, 0.6) is 0 Å². The highest BCUT2D eigenvalue weighted by Gasteiger charge is 2.35. The van der Waals surface area contributed by atoms with E-state index in [2.05, 4.69) is 42.2 Å². The number of fused-ring (bicyclic) bond motifs is 2. The molecule has 2 heterocycles. The van der Waals surface area contributed by atoms with Gasteiger partial charge in [0.05, 0.1) is 22.3 Å². The molecule has 46 heavy (non-hydrogen) atoms. The minimum absolute atomic E-state index is 0.178. The van der Waals surface area contributed by atoms with Crippen LogP contribution in [0.1, 0.15) is 78.2 Å². The van der Waals surface area contributed by atoms with Crippen LogP contribution in [0, 0.1) is 11.8 Å². The Kier molecular flexibility index (Phi) is 11.1. The first kappa shape index (κ1) is 31.9. The molecule has 0 N–H and O–H groups in total. The first-order valence-electron chi connectivity index (χ1n) is 15.6. The van der Waals surface area contributed by atoms with E-state index in [9.17, 15) is 19.2 Å². The largest absolute Gasteiger partial charge is 0.274 e. The van der Waals surface area contributed by atoms with E-state index in [4.69, 9.17) is 0 Å². The molecule has 0 radical (unpaired) electrons. The third kappa shape index (κ3) is 7.94. The van der Waals surface area contributed by atoms with Gasteiger partial charge >= 0.3 is 0 Å². The maximum Gasteiger partial charge on any atom is 0.261 e. The molecule has 6 heteroatoms. The van der Waals surface area contributed by atoms with Gasteiger partial charge in [-0.15, -0.1) is 11.8 Å². The second kappa shape index (κ2) is 16.0. The number of hydrogen-bond donors (Lipinski definition) is 0. The molecule has 6 rings (SSSR count). The summed E-state index contributed by atoms with van der Waals surface area (Å²) >= 11 is 0. The standard InChI is InChI=1S/C20H19NO2.C20H17NO2/c2*22-19-17-13-7-8-14-18(17)20(23)21(19)15-9-2-1-4-10-16-11-5-3-6-12-16/h1-3,5-8,11-14H,4,9-10,15H2;3,5-8,11-14H,4,9-10,15H2/b2-1-;. The maximum absolute atomic E-state index is 12.2. The average molecular weight is 609 g/mol. The van der Waals surface area contributed by atoms with Crippen LogP contribution < -0.4 is 0 Å². The van der Waals surface area contributed by atoms with Crippen molar-refractivity contribution >= 4 is 23.6 Å². The van der Waals surface area contributed by atoms with E-state index < -0.39 is 0 Å². The van der Waals surface area contributed by atoms with Crippen LogP contribution in [0.4, 0.5) is 0 Å². The first-order valence-corrected chi connectivity index (χ1v) is 15.6. The number of carbonyl (C=O) groups excluding carboxylic acids is 4. The highest BCUT2D eigenvalue weighted by molar-refractivity contribution is 6.22. The van der Waals surface area contributed by atoms with Gasteiger partial charge in [0.2, 0.25) is 0 Å². The van der Waals surface area contributed by atoms with Crippen LogP contribution in [0.25, 0.3) is 0 Å². The molecule has 4 aromatic carbocycles. The van der Waals surface area contributed by atoms with Crippen molar-refractivity contribution in [2.45, 2.75) is 38.5 Å². The molecule has 0 saturated heterocycles. The van der Waals surface area contributed by atoms with Gasteiger partial charge in [-0.2, -0.15) is 0 Å². The number of aryl methyl sites for hydroxylation is 2. The number of amides is 4. The summed E-state index contributed by atoms with van der Waals surface area (Å²) in [5.41, 5.74) is 4.61. The Balaban J connectivity index is 0.000000181. The lowest BCUT2D eigenvalue weighted by Crippen LogP contribution is -2.30. The predicted octanol–water partition coefficient (Wildman–Crippen LogP) is 7.17. The molecule has 0 fully saturated rings. The van der Waals surface area contributed by atoms with Crippen molar-refractivity contribution in [2.75, 3.05) is 13.1 Å². The number of imide groups is 2. The first-order chi connectivity index (χ1) is 22.5. The summed E-state index contributed by atoms with van der Waals surface area (Å²) in [6, 6.07) is 34.5. The molecule has 0 spiro atoms. The minimum Gasteiger partial charge on any atom is -0.274 e. The SMILES string of the molecule is O=C1c2ccccc2C(=O)N1CC/C=C\CCc1ccccc1.O=C1c2ccccc2C(=O)N1CCC#CCCc1ccccc1. The van der Waals surface area contributed by atoms with Crippen LogP contribution in [0.3, 0.4) is 0 Å². The number of rotatable bonds is 10. The molecular formula is C40H36N2O4. The molecule has 0 unspecified atom stereocenters. The van der Waals surface area contributed by atoms with Gasteiger partial charge in [-0.1, -0.05) is 97.1 Å². The monoisotopic (exact) mass is 608 g/mol. The van der Waals surface area contributed by atoms with Gasteiger partial charge in [-0.3, -0.25) is 29.0 Å². The molecule has 4 aromatic rings. The van der Waals surface area contributed by atoms with Crippen molar-refractivity contribution in [3.05, 3.63) is 155 Å². The second-order valence-electron chi connectivity index (χ2n) is 11.0. The smallest absolute Gasteiger partial charge is 0.261 e. The van der Waals surface area contributed by atoms with E-state index in [1.165, 1.54) is 20.9 Å². The molecule has 2 aliphatic rings. The average Bonchev–Trinajstić information content (AvgIpc) is 3.49. The molecule has 230 valence electrons. The Morgan fingerprint density at radius 2 is 0.826 bits per heavy atom. The zero-order chi connectivity index (χ0) is 32.1. The van der Waals surface area contributed by atoms with Gasteiger partial charge in [-0.05, 0) is 61.1 Å². The van der Waals surface area contributed by atoms with Crippen LogP contribution in [-0.2, 0) is 12.8 Å². The fourth-order valence-corrected chi connectivity index (χ4v) is 5.41. The van der Waals surface area contributed by atoms with Crippen molar-refractivity contribution in [3.63, 3.8) is 0 Å². The van der Waals surface area contributed by atoms with Crippen molar-refractivity contribution < 1.29 is 19.2 Å². The Morgan fingerprint density at radius 3 is 1.33 bits per heavy atom. The summed E-state index contributed by atoms with van der Waals surface area (Å²) in [4.78, 5) is 51.4. The normalized spacial score (nSPS) is 13.3. The Bertz CT molecular complexity index is 1710. The Morgan fingerprint density at radius 1 is 0.435 bits per heavy atom. The molecule has 0 aliphatic carbocycles. The summed E-state index contributed by atoms with van der Waals surface area (Å²) in [7, 11) is 0. The number of nitrogens with zero attached hydrogens (tertiary/aromatic N) is 2. The molecule has 2 aliphatic heterocycles. The van der Waals surface area contributed by atoms with Gasteiger partial charge in [0.15, 0.2) is 0 Å². The lowest BCUT2D eigenvalue weighted by Gasteiger charge is -2.11. The van der Waals surface area contributed by atoms with E-state index in [0.29, 0.717) is 48.2 Å². The van der Waals surface area contributed by atoms with E-state index in [-0.39, 0.29) is 23.6 Å². The number of carbonyl (C=O) groups is 4. The van der Waals surface area contributed by atoms with Crippen molar-refractivity contribution in [3.8, 4) is 11.8 Å². The topological polar surface area (TPSA) is 74.8 Å². The lowest BCUT2D eigenvalue weighted by molar-refractivity contribution is 0.0641. The molecule has 0 aromatic heterocycles. The second-order valence-corrected chi connectivity index (χ2v) is 11.0. The molecule has 0 atom stereocenters. The fraction of sp³-hybridized carbons (Fsp3) is 0.200. The van der Waals surface area contributed by atoms with Gasteiger partial charge in [0, 0.05) is 25.9 Å². The minimum atomic E-state index is -0.211. The number of hydrogen-bond acceptors (Lipinski definition) is 4. The maximum atomic E-state index is 12.2. The van der Waals surface area contributed by atoms with Crippen LogP contribution >= 0.6 is 0 Å². The summed E-state index contributed by atoms with van der Waals surface area (Å²) in [5, 5.41) is 0. The quantitative estimate of drug-likeness (QED) is 0.109. The van der Waals surface area contributed by atoms with Crippen LogP contribution in [0.15, 0.2) is 121 Å². The van der Waals surface area contributed by atoms with Gasteiger partial charge in [0.25, 0.3) is 23.6 Å². The summed E-state index contributed by atoms with van der Waals surface area (Å²) < 4.78 is 0. The van der Waals surface area contributed by atoms with E-state index >= 15 is 0 Å². The predicted molar refractivity (Wildman–Crippen MR) is 179 cm³/mol. The number of allylic oxidation sites excluding steroid dienone is 1. The Labute approximate surface area is 270 Å². The van der Waals surface area contributed by atoms with Crippen LogP contribution in [0.2, 0.25) is 0 Å². The third-order valence-electron chi connectivity index (χ3n) is 7.85. The van der Waals surface area contributed by atoms with E-state index in [0.717, 1.165) is 25.7 Å². The molecule has 4 amide bonds. The van der Waals surface area contributed by atoms with Crippen molar-refractivity contribution in [1.82, 2.24) is 9.80 Å². The van der Waals surface area contributed by atoms with Gasteiger partial charge in [-0.25, -0.2) is 0 Å². The third-order valence-corrected chi connectivity index (χ3v) is 7.85. The summed E-state index contributed by atoms with van der Waals surface area (Å²) in [5.74, 6) is 5.39. The summed E-state index contributed by atoms with van der Waals surface area (Å²) in [6.45, 7) is 0.791. The zero-order valence-electron chi connectivity index (χ0n) is 25.7. The molecule has 0 bridgehead atoms.